The van der Waals surface area contributed by atoms with Gasteiger partial charge in [-0.2, -0.15) is 0 Å². The zero-order valence-electron chi connectivity index (χ0n) is 10.3. The molecule has 0 amide bonds. The molecule has 16 heavy (non-hydrogen) atoms. The van der Waals surface area contributed by atoms with Gasteiger partial charge in [0, 0.05) is 12.2 Å². The summed E-state index contributed by atoms with van der Waals surface area (Å²) in [6.07, 6.45) is 6.77. The van der Waals surface area contributed by atoms with Crippen molar-refractivity contribution in [3.8, 4) is 0 Å². The first-order chi connectivity index (χ1) is 7.70. The van der Waals surface area contributed by atoms with Crippen molar-refractivity contribution < 1.29 is 14.3 Å². The average Bonchev–Trinajstić information content (AvgIpc) is 2.28. The topological polar surface area (TPSA) is 43.4 Å². The van der Waals surface area contributed by atoms with Gasteiger partial charge in [0.2, 0.25) is 0 Å². The van der Waals surface area contributed by atoms with Crippen LogP contribution in [0, 0.1) is 0 Å². The van der Waals surface area contributed by atoms with Crippen LogP contribution in [0.3, 0.4) is 0 Å². The molecule has 0 spiro atoms. The Bertz CT molecular complexity index is 204. The minimum absolute atomic E-state index is 0.195. The second-order valence-electron chi connectivity index (χ2n) is 3.71. The standard InChI is InChI=1S/C12H22O3S/c1-3-4-5-6-7-8-12(14)16-10-9-11(13)15-2/h3-10H2,1-2H3. The van der Waals surface area contributed by atoms with E-state index < -0.39 is 0 Å². The summed E-state index contributed by atoms with van der Waals surface area (Å²) in [5.74, 6) is 0.295. The highest BCUT2D eigenvalue weighted by molar-refractivity contribution is 8.13. The molecule has 0 aromatic heterocycles. The van der Waals surface area contributed by atoms with Crippen LogP contribution < -0.4 is 0 Å². The molecule has 0 saturated carbocycles. The lowest BCUT2D eigenvalue weighted by Crippen LogP contribution is -2.03. The van der Waals surface area contributed by atoms with E-state index in [1.807, 2.05) is 0 Å². The van der Waals surface area contributed by atoms with Crippen LogP contribution >= 0.6 is 11.8 Å². The van der Waals surface area contributed by atoms with Crippen molar-refractivity contribution in [1.82, 2.24) is 0 Å². The summed E-state index contributed by atoms with van der Waals surface area (Å²) >= 11 is 1.24. The molecule has 0 aromatic rings. The maximum atomic E-state index is 11.4. The normalized spacial score (nSPS) is 10.1. The summed E-state index contributed by atoms with van der Waals surface area (Å²) in [7, 11) is 1.36. The second kappa shape index (κ2) is 11.0. The Morgan fingerprint density at radius 3 is 2.38 bits per heavy atom. The van der Waals surface area contributed by atoms with Crippen LogP contribution in [-0.2, 0) is 14.3 Å². The van der Waals surface area contributed by atoms with Gasteiger partial charge in [0.1, 0.15) is 0 Å². The smallest absolute Gasteiger partial charge is 0.306 e. The summed E-state index contributed by atoms with van der Waals surface area (Å²) in [6, 6.07) is 0. The van der Waals surface area contributed by atoms with E-state index in [0.717, 1.165) is 12.8 Å². The number of rotatable bonds is 9. The summed E-state index contributed by atoms with van der Waals surface area (Å²) < 4.78 is 4.49. The molecule has 0 radical (unpaired) electrons. The van der Waals surface area contributed by atoms with E-state index in [1.165, 1.54) is 38.1 Å². The molecule has 0 aromatic carbocycles. The molecule has 0 rings (SSSR count). The number of methoxy groups -OCH3 is 1. The first-order valence-corrected chi connectivity index (χ1v) is 6.91. The maximum Gasteiger partial charge on any atom is 0.306 e. The van der Waals surface area contributed by atoms with Gasteiger partial charge in [-0.1, -0.05) is 44.4 Å². The Balaban J connectivity index is 3.28. The average molecular weight is 246 g/mol. The lowest BCUT2D eigenvalue weighted by atomic mass is 10.1. The minimum atomic E-state index is -0.247. The van der Waals surface area contributed by atoms with Gasteiger partial charge >= 0.3 is 5.97 Å². The Morgan fingerprint density at radius 1 is 1.06 bits per heavy atom. The van der Waals surface area contributed by atoms with Crippen molar-refractivity contribution >= 4 is 22.8 Å². The summed E-state index contributed by atoms with van der Waals surface area (Å²) in [5, 5.41) is 0.195. The monoisotopic (exact) mass is 246 g/mol. The van der Waals surface area contributed by atoms with E-state index in [0.29, 0.717) is 18.6 Å². The SMILES string of the molecule is CCCCCCCC(=O)SCCC(=O)OC. The Hall–Kier alpha value is -0.510. The molecule has 0 saturated heterocycles. The van der Waals surface area contributed by atoms with Gasteiger partial charge in [0.15, 0.2) is 5.12 Å². The molecule has 4 heteroatoms. The summed E-state index contributed by atoms with van der Waals surface area (Å²) in [5.41, 5.74) is 0. The zero-order valence-corrected chi connectivity index (χ0v) is 11.1. The molecular formula is C12H22O3S. The quantitative estimate of drug-likeness (QED) is 0.463. The predicted octanol–water partition coefficient (Wildman–Crippen LogP) is 3.17. The van der Waals surface area contributed by atoms with Crippen molar-refractivity contribution in [2.24, 2.45) is 0 Å². The molecular weight excluding hydrogens is 224 g/mol. The van der Waals surface area contributed by atoms with Crippen molar-refractivity contribution in [3.05, 3.63) is 0 Å². The van der Waals surface area contributed by atoms with Crippen LogP contribution in [0.1, 0.15) is 51.9 Å². The van der Waals surface area contributed by atoms with Crippen molar-refractivity contribution in [2.75, 3.05) is 12.9 Å². The minimum Gasteiger partial charge on any atom is -0.469 e. The predicted molar refractivity (Wildman–Crippen MR) is 67.5 cm³/mol. The molecule has 0 aliphatic carbocycles. The number of hydrogen-bond donors (Lipinski definition) is 0. The van der Waals surface area contributed by atoms with Gasteiger partial charge in [0.05, 0.1) is 13.5 Å². The first-order valence-electron chi connectivity index (χ1n) is 5.93. The lowest BCUT2D eigenvalue weighted by Gasteiger charge is -2.00. The number of esters is 1. The third-order valence-corrected chi connectivity index (χ3v) is 3.22. The zero-order chi connectivity index (χ0) is 12.2. The van der Waals surface area contributed by atoms with Crippen molar-refractivity contribution in [3.63, 3.8) is 0 Å². The van der Waals surface area contributed by atoms with Gasteiger partial charge < -0.3 is 4.74 Å². The van der Waals surface area contributed by atoms with Gasteiger partial charge in [-0.3, -0.25) is 9.59 Å². The number of unbranched alkanes of at least 4 members (excludes halogenated alkanes) is 4. The molecule has 0 N–H and O–H groups in total. The van der Waals surface area contributed by atoms with Crippen LogP contribution in [0.15, 0.2) is 0 Å². The van der Waals surface area contributed by atoms with Crippen LogP contribution in [-0.4, -0.2) is 23.9 Å². The molecule has 0 atom stereocenters. The summed E-state index contributed by atoms with van der Waals surface area (Å²) in [4.78, 5) is 22.1. The van der Waals surface area contributed by atoms with E-state index in [2.05, 4.69) is 11.7 Å². The Kier molecular flexibility index (Phi) is 10.6. The molecule has 0 fully saturated rings. The number of hydrogen-bond acceptors (Lipinski definition) is 4. The molecule has 0 aliphatic heterocycles. The molecule has 94 valence electrons. The largest absolute Gasteiger partial charge is 0.469 e. The van der Waals surface area contributed by atoms with Gasteiger partial charge in [0.25, 0.3) is 0 Å². The van der Waals surface area contributed by atoms with Crippen LogP contribution in [0.2, 0.25) is 0 Å². The molecule has 0 aliphatic rings. The Morgan fingerprint density at radius 2 is 1.75 bits per heavy atom. The number of thioether (sulfide) groups is 1. The van der Waals surface area contributed by atoms with Crippen LogP contribution in [0.4, 0.5) is 0 Å². The van der Waals surface area contributed by atoms with Gasteiger partial charge in [-0.05, 0) is 6.42 Å². The highest BCUT2D eigenvalue weighted by atomic mass is 32.2. The number of carbonyl (C=O) groups is 2. The lowest BCUT2D eigenvalue weighted by molar-refractivity contribution is -0.140. The van der Waals surface area contributed by atoms with E-state index in [4.69, 9.17) is 0 Å². The van der Waals surface area contributed by atoms with Crippen molar-refractivity contribution in [2.45, 2.75) is 51.9 Å². The number of ether oxygens (including phenoxy) is 1. The van der Waals surface area contributed by atoms with E-state index in [1.54, 1.807) is 0 Å². The van der Waals surface area contributed by atoms with Crippen LogP contribution in [0.25, 0.3) is 0 Å². The fourth-order valence-corrected chi connectivity index (χ4v) is 2.08. The molecule has 0 bridgehead atoms. The van der Waals surface area contributed by atoms with Crippen LogP contribution in [0.5, 0.6) is 0 Å². The highest BCUT2D eigenvalue weighted by Gasteiger charge is 2.05. The third kappa shape index (κ3) is 10.0. The fraction of sp³-hybridized carbons (Fsp3) is 0.833. The molecule has 0 unspecified atom stereocenters. The fourth-order valence-electron chi connectivity index (χ4n) is 1.30. The van der Waals surface area contributed by atoms with Crippen molar-refractivity contribution in [1.29, 1.82) is 0 Å². The first kappa shape index (κ1) is 15.5. The number of carbonyl (C=O) groups excluding carboxylic acids is 2. The van der Waals surface area contributed by atoms with Gasteiger partial charge in [-0.15, -0.1) is 0 Å². The Labute approximate surface area is 102 Å². The van der Waals surface area contributed by atoms with E-state index in [9.17, 15) is 9.59 Å². The second-order valence-corrected chi connectivity index (χ2v) is 4.86. The van der Waals surface area contributed by atoms with E-state index in [-0.39, 0.29) is 11.1 Å². The summed E-state index contributed by atoms with van der Waals surface area (Å²) in [6.45, 7) is 2.17. The highest BCUT2D eigenvalue weighted by Crippen LogP contribution is 2.12. The third-order valence-electron chi connectivity index (χ3n) is 2.28. The van der Waals surface area contributed by atoms with Gasteiger partial charge in [-0.25, -0.2) is 0 Å². The maximum absolute atomic E-state index is 11.4. The van der Waals surface area contributed by atoms with E-state index >= 15 is 0 Å². The molecule has 3 nitrogen and oxygen atoms in total. The molecule has 0 heterocycles.